The summed E-state index contributed by atoms with van der Waals surface area (Å²) in [5.41, 5.74) is 2.49. The monoisotopic (exact) mass is 489 g/mol. The average Bonchev–Trinajstić information content (AvgIpc) is 3.29. The standard InChI is InChI=1S/C26H25F2N7O/c1-2-8-29-23-22-24(35(17-30-22)16-18-6-4-3-5-7-18)32-26(31-23)34-11-9-33(10-12-34)25(36)19-13-20(27)15-21(28)14-19/h2-7,13-15,17H,1,8-12,16H2,(H,29,31,32). The van der Waals surface area contributed by atoms with Crippen LogP contribution in [0.1, 0.15) is 15.9 Å². The normalized spacial score (nSPS) is 13.7. The summed E-state index contributed by atoms with van der Waals surface area (Å²) in [6, 6.07) is 12.9. The van der Waals surface area contributed by atoms with Crippen LogP contribution < -0.4 is 10.2 Å². The van der Waals surface area contributed by atoms with E-state index in [9.17, 15) is 13.6 Å². The Morgan fingerprint density at radius 1 is 1.03 bits per heavy atom. The number of piperazine rings is 1. The smallest absolute Gasteiger partial charge is 0.254 e. The minimum absolute atomic E-state index is 0.000607. The molecule has 1 saturated heterocycles. The second-order valence-electron chi connectivity index (χ2n) is 8.51. The molecule has 4 aromatic rings. The summed E-state index contributed by atoms with van der Waals surface area (Å²) in [6.45, 7) is 6.59. The zero-order valence-corrected chi connectivity index (χ0v) is 19.6. The molecule has 0 spiro atoms. The highest BCUT2D eigenvalue weighted by atomic mass is 19.1. The summed E-state index contributed by atoms with van der Waals surface area (Å²) < 4.78 is 29.1. The second-order valence-corrected chi connectivity index (χ2v) is 8.51. The highest BCUT2D eigenvalue weighted by Gasteiger charge is 2.25. The van der Waals surface area contributed by atoms with Gasteiger partial charge in [0.05, 0.1) is 12.9 Å². The number of aromatic nitrogens is 4. The number of nitrogens with zero attached hydrogens (tertiary/aromatic N) is 6. The van der Waals surface area contributed by atoms with Crippen molar-refractivity contribution < 1.29 is 13.6 Å². The van der Waals surface area contributed by atoms with E-state index in [1.165, 1.54) is 0 Å². The van der Waals surface area contributed by atoms with Crippen LogP contribution in [0.5, 0.6) is 0 Å². The Hall–Kier alpha value is -4.34. The highest BCUT2D eigenvalue weighted by molar-refractivity contribution is 5.94. The summed E-state index contributed by atoms with van der Waals surface area (Å²) in [7, 11) is 0. The van der Waals surface area contributed by atoms with Crippen molar-refractivity contribution >= 4 is 28.8 Å². The van der Waals surface area contributed by atoms with Crippen molar-refractivity contribution in [1.82, 2.24) is 24.4 Å². The van der Waals surface area contributed by atoms with E-state index >= 15 is 0 Å². The molecule has 1 fully saturated rings. The van der Waals surface area contributed by atoms with E-state index in [0.29, 0.717) is 62.2 Å². The maximum Gasteiger partial charge on any atom is 0.254 e. The molecule has 3 heterocycles. The van der Waals surface area contributed by atoms with Crippen LogP contribution in [0.25, 0.3) is 11.2 Å². The third-order valence-corrected chi connectivity index (χ3v) is 6.02. The molecule has 2 aromatic heterocycles. The molecule has 1 aliphatic rings. The first-order valence-electron chi connectivity index (χ1n) is 11.6. The van der Waals surface area contributed by atoms with Crippen molar-refractivity contribution in [3.05, 3.63) is 90.3 Å². The number of carbonyl (C=O) groups excluding carboxylic acids is 1. The molecule has 0 unspecified atom stereocenters. The van der Waals surface area contributed by atoms with E-state index in [0.717, 1.165) is 23.8 Å². The Morgan fingerprint density at radius 3 is 2.44 bits per heavy atom. The first-order valence-corrected chi connectivity index (χ1v) is 11.6. The van der Waals surface area contributed by atoms with Crippen LogP contribution in [0.2, 0.25) is 0 Å². The Bertz CT molecular complexity index is 1380. The Labute approximate surface area is 206 Å². The first kappa shape index (κ1) is 23.4. The van der Waals surface area contributed by atoms with Crippen molar-refractivity contribution in [3.8, 4) is 0 Å². The zero-order valence-electron chi connectivity index (χ0n) is 19.6. The summed E-state index contributed by atoms with van der Waals surface area (Å²) in [6.07, 6.45) is 3.50. The first-order chi connectivity index (χ1) is 17.5. The van der Waals surface area contributed by atoms with Gasteiger partial charge in [0.15, 0.2) is 17.0 Å². The van der Waals surface area contributed by atoms with E-state index in [1.54, 1.807) is 17.3 Å². The summed E-state index contributed by atoms with van der Waals surface area (Å²) >= 11 is 0. The fourth-order valence-electron chi connectivity index (χ4n) is 4.23. The van der Waals surface area contributed by atoms with Crippen molar-refractivity contribution in [1.29, 1.82) is 0 Å². The van der Waals surface area contributed by atoms with Gasteiger partial charge in [-0.1, -0.05) is 36.4 Å². The van der Waals surface area contributed by atoms with Gasteiger partial charge in [-0.3, -0.25) is 4.79 Å². The van der Waals surface area contributed by atoms with Crippen LogP contribution >= 0.6 is 0 Å². The van der Waals surface area contributed by atoms with E-state index in [4.69, 9.17) is 9.97 Å². The molecule has 1 N–H and O–H groups in total. The van der Waals surface area contributed by atoms with Crippen LogP contribution in [0, 0.1) is 11.6 Å². The third-order valence-electron chi connectivity index (χ3n) is 6.02. The van der Waals surface area contributed by atoms with E-state index in [2.05, 4.69) is 16.9 Å². The molecule has 0 radical (unpaired) electrons. The number of rotatable bonds is 7. The molecule has 0 atom stereocenters. The van der Waals surface area contributed by atoms with Gasteiger partial charge in [-0.05, 0) is 17.7 Å². The molecule has 0 saturated carbocycles. The van der Waals surface area contributed by atoms with Gasteiger partial charge in [-0.15, -0.1) is 6.58 Å². The maximum absolute atomic E-state index is 13.6. The molecule has 8 nitrogen and oxygen atoms in total. The minimum atomic E-state index is -0.773. The second kappa shape index (κ2) is 10.1. The van der Waals surface area contributed by atoms with Gasteiger partial charge in [-0.25, -0.2) is 13.8 Å². The largest absolute Gasteiger partial charge is 0.365 e. The Morgan fingerprint density at radius 2 is 1.75 bits per heavy atom. The van der Waals surface area contributed by atoms with E-state index in [-0.39, 0.29) is 5.56 Å². The highest BCUT2D eigenvalue weighted by Crippen LogP contribution is 2.24. The number of hydrogen-bond donors (Lipinski definition) is 1. The lowest BCUT2D eigenvalue weighted by Gasteiger charge is -2.35. The molecule has 5 rings (SSSR count). The van der Waals surface area contributed by atoms with E-state index < -0.39 is 17.5 Å². The molecule has 1 amide bonds. The average molecular weight is 490 g/mol. The molecule has 36 heavy (non-hydrogen) atoms. The summed E-state index contributed by atoms with van der Waals surface area (Å²) in [5, 5.41) is 3.25. The number of fused-ring (bicyclic) bond motifs is 1. The number of imidazole rings is 1. The predicted octanol–water partition coefficient (Wildman–Crippen LogP) is 3.71. The van der Waals surface area contributed by atoms with Gasteiger partial charge in [-0.2, -0.15) is 9.97 Å². The number of amides is 1. The molecule has 0 bridgehead atoms. The SMILES string of the molecule is C=CCNc1nc(N2CCN(C(=O)c3cc(F)cc(F)c3)CC2)nc2c1ncn2Cc1ccccc1. The van der Waals surface area contributed by atoms with Crippen molar-refractivity contribution in [2.75, 3.05) is 42.9 Å². The lowest BCUT2D eigenvalue weighted by atomic mass is 10.1. The van der Waals surface area contributed by atoms with Crippen LogP contribution in [-0.2, 0) is 6.54 Å². The van der Waals surface area contributed by atoms with Gasteiger partial charge in [0.25, 0.3) is 5.91 Å². The molecule has 0 aliphatic carbocycles. The number of nitrogens with one attached hydrogen (secondary N) is 1. The van der Waals surface area contributed by atoms with Gasteiger partial charge in [0, 0.05) is 44.4 Å². The molecule has 10 heteroatoms. The molecule has 1 aliphatic heterocycles. The topological polar surface area (TPSA) is 79.2 Å². The minimum Gasteiger partial charge on any atom is -0.365 e. The van der Waals surface area contributed by atoms with Gasteiger partial charge in [0.1, 0.15) is 11.6 Å². The molecular weight excluding hydrogens is 464 g/mol. The van der Waals surface area contributed by atoms with Gasteiger partial charge >= 0.3 is 0 Å². The van der Waals surface area contributed by atoms with Crippen molar-refractivity contribution in [3.63, 3.8) is 0 Å². The van der Waals surface area contributed by atoms with Crippen LogP contribution in [-0.4, -0.2) is 63.0 Å². The van der Waals surface area contributed by atoms with E-state index in [1.807, 2.05) is 39.8 Å². The van der Waals surface area contributed by atoms with Crippen LogP contribution in [0.4, 0.5) is 20.5 Å². The Kier molecular flexibility index (Phi) is 6.57. The Balaban J connectivity index is 1.38. The van der Waals surface area contributed by atoms with Gasteiger partial charge < -0.3 is 19.7 Å². The lowest BCUT2D eigenvalue weighted by Crippen LogP contribution is -2.49. The van der Waals surface area contributed by atoms with Crippen LogP contribution in [0.15, 0.2) is 67.5 Å². The number of anilines is 2. The number of halogens is 2. The molecular formula is C26H25F2N7O. The summed E-state index contributed by atoms with van der Waals surface area (Å²) in [5.74, 6) is -0.822. The third kappa shape index (κ3) is 4.88. The number of benzene rings is 2. The zero-order chi connectivity index (χ0) is 25.1. The fraction of sp³-hybridized carbons (Fsp3) is 0.231. The van der Waals surface area contributed by atoms with Crippen LogP contribution in [0.3, 0.4) is 0 Å². The number of carbonyl (C=O) groups is 1. The molecule has 184 valence electrons. The van der Waals surface area contributed by atoms with Gasteiger partial charge in [0.2, 0.25) is 5.95 Å². The van der Waals surface area contributed by atoms with Crippen molar-refractivity contribution in [2.24, 2.45) is 0 Å². The lowest BCUT2D eigenvalue weighted by molar-refractivity contribution is 0.0745. The maximum atomic E-state index is 13.6. The predicted molar refractivity (Wildman–Crippen MR) is 134 cm³/mol. The summed E-state index contributed by atoms with van der Waals surface area (Å²) in [4.78, 5) is 30.4. The van der Waals surface area contributed by atoms with Crippen molar-refractivity contribution in [2.45, 2.75) is 6.54 Å². The number of hydrogen-bond acceptors (Lipinski definition) is 6. The quantitative estimate of drug-likeness (QED) is 0.399. The molecule has 2 aromatic carbocycles. The fourth-order valence-corrected chi connectivity index (χ4v) is 4.23.